The molecule has 2 atom stereocenters. The van der Waals surface area contributed by atoms with Crippen molar-refractivity contribution in [2.75, 3.05) is 24.8 Å². The molecule has 0 radical (unpaired) electrons. The number of allylic oxidation sites excluding steroid dienone is 4. The van der Waals surface area contributed by atoms with Crippen LogP contribution < -0.4 is 11.1 Å². The van der Waals surface area contributed by atoms with Gasteiger partial charge < -0.3 is 30.6 Å². The van der Waals surface area contributed by atoms with Crippen LogP contribution in [-0.4, -0.2) is 55.5 Å². The number of nitrogens with two attached hydrogens (primary N) is 1. The van der Waals surface area contributed by atoms with Crippen molar-refractivity contribution in [1.82, 2.24) is 19.5 Å². The summed E-state index contributed by atoms with van der Waals surface area (Å²) in [4.78, 5) is 24.2. The van der Waals surface area contributed by atoms with E-state index in [2.05, 4.69) is 33.3 Å². The maximum Gasteiger partial charge on any atom is 0.354 e. The van der Waals surface area contributed by atoms with Crippen molar-refractivity contribution in [3.05, 3.63) is 53.0 Å². The number of anilines is 2. The van der Waals surface area contributed by atoms with Crippen LogP contribution in [0.4, 0.5) is 11.8 Å². The maximum atomic E-state index is 11.4. The first kappa shape index (κ1) is 25.2. The van der Waals surface area contributed by atoms with E-state index in [9.17, 15) is 15.0 Å². The molecule has 184 valence electrons. The number of ether oxygens (including phenoxy) is 1. The van der Waals surface area contributed by atoms with Crippen molar-refractivity contribution in [2.45, 2.75) is 58.5 Å². The first-order chi connectivity index (χ1) is 16.4. The summed E-state index contributed by atoms with van der Waals surface area (Å²) in [5, 5.41) is 22.2. The smallest absolute Gasteiger partial charge is 0.354 e. The minimum atomic E-state index is -0.998. The quantitative estimate of drug-likeness (QED) is 0.367. The van der Waals surface area contributed by atoms with E-state index in [0.717, 1.165) is 35.4 Å². The van der Waals surface area contributed by atoms with E-state index < -0.39 is 5.97 Å². The van der Waals surface area contributed by atoms with Crippen molar-refractivity contribution in [3.63, 3.8) is 0 Å². The number of aliphatic hydroxyl groups is 1. The zero-order valence-electron chi connectivity index (χ0n) is 20.0. The summed E-state index contributed by atoms with van der Waals surface area (Å²) in [5.41, 5.74) is 8.84. The van der Waals surface area contributed by atoms with Crippen LogP contribution in [0.3, 0.4) is 0 Å². The third-order valence-corrected chi connectivity index (χ3v) is 6.04. The fourth-order valence-electron chi connectivity index (χ4n) is 4.30. The van der Waals surface area contributed by atoms with E-state index in [4.69, 9.17) is 10.5 Å². The van der Waals surface area contributed by atoms with Gasteiger partial charge in [-0.2, -0.15) is 4.98 Å². The topological polar surface area (TPSA) is 148 Å². The fourth-order valence-corrected chi connectivity index (χ4v) is 4.30. The number of nitrogens with one attached hydrogen (secondary N) is 1. The largest absolute Gasteiger partial charge is 0.501 e. The lowest BCUT2D eigenvalue weighted by Gasteiger charge is -2.24. The lowest BCUT2D eigenvalue weighted by Crippen LogP contribution is -2.23. The number of aliphatic hydroxyl groups excluding tert-OH is 1. The molecule has 2 heterocycles. The average Bonchev–Trinajstić information content (AvgIpc) is 3.25. The van der Waals surface area contributed by atoms with Crippen LogP contribution in [0, 0.1) is 12.8 Å². The summed E-state index contributed by atoms with van der Waals surface area (Å²) >= 11 is 0. The van der Waals surface area contributed by atoms with Crippen molar-refractivity contribution in [1.29, 1.82) is 0 Å². The molecule has 1 unspecified atom stereocenters. The summed E-state index contributed by atoms with van der Waals surface area (Å²) in [6.07, 6.45) is 10.7. The van der Waals surface area contributed by atoms with E-state index in [1.165, 1.54) is 12.5 Å². The third-order valence-electron chi connectivity index (χ3n) is 6.04. The van der Waals surface area contributed by atoms with Gasteiger partial charge in [-0.25, -0.2) is 14.8 Å². The molecule has 10 heteroatoms. The first-order valence-corrected chi connectivity index (χ1v) is 11.5. The minimum Gasteiger partial charge on any atom is -0.501 e. The monoisotopic (exact) mass is 470 g/mol. The Labute approximate surface area is 199 Å². The first-order valence-electron chi connectivity index (χ1n) is 11.5. The molecule has 5 N–H and O–H groups in total. The van der Waals surface area contributed by atoms with E-state index in [1.54, 1.807) is 11.7 Å². The van der Waals surface area contributed by atoms with E-state index in [-0.39, 0.29) is 30.2 Å². The van der Waals surface area contributed by atoms with Gasteiger partial charge in [-0.05, 0) is 25.3 Å². The number of nitrogen functional groups attached to an aromatic ring is 1. The molecular formula is C24H34N6O4. The predicted octanol–water partition coefficient (Wildman–Crippen LogP) is 2.94. The summed E-state index contributed by atoms with van der Waals surface area (Å²) in [5.74, 6) is 0.803. The second-order valence-electron chi connectivity index (χ2n) is 8.53. The highest BCUT2D eigenvalue weighted by molar-refractivity contribution is 5.85. The number of aromatic carboxylic acids is 1. The molecule has 2 aromatic heterocycles. The Kier molecular flexibility index (Phi) is 8.64. The maximum absolute atomic E-state index is 11.4. The molecule has 0 amide bonds. The molecule has 0 aliphatic heterocycles. The van der Waals surface area contributed by atoms with Gasteiger partial charge in [0, 0.05) is 49.2 Å². The van der Waals surface area contributed by atoms with Crippen LogP contribution in [-0.2, 0) is 17.7 Å². The summed E-state index contributed by atoms with van der Waals surface area (Å²) in [6.45, 7) is 4.61. The number of carboxylic acid groups (broad SMARTS) is 1. The van der Waals surface area contributed by atoms with Gasteiger partial charge in [0.15, 0.2) is 0 Å². The van der Waals surface area contributed by atoms with Crippen LogP contribution in [0.15, 0.2) is 36.0 Å². The molecule has 10 nitrogen and oxygen atoms in total. The van der Waals surface area contributed by atoms with E-state index >= 15 is 0 Å². The predicted molar refractivity (Wildman–Crippen MR) is 129 cm³/mol. The van der Waals surface area contributed by atoms with Gasteiger partial charge in [-0.3, -0.25) is 0 Å². The van der Waals surface area contributed by atoms with Crippen LogP contribution in [0.5, 0.6) is 0 Å². The number of methoxy groups -OCH3 is 1. The van der Waals surface area contributed by atoms with Gasteiger partial charge in [0.25, 0.3) is 0 Å². The molecule has 3 rings (SSSR count). The number of aryl methyl sites for hydroxylation is 1. The molecule has 2 aromatic rings. The van der Waals surface area contributed by atoms with Crippen LogP contribution >= 0.6 is 0 Å². The zero-order chi connectivity index (χ0) is 24.7. The Morgan fingerprint density at radius 2 is 2.18 bits per heavy atom. The lowest BCUT2D eigenvalue weighted by molar-refractivity contribution is 0.0684. The number of nitrogens with zero attached hydrogens (tertiary/aromatic N) is 4. The minimum absolute atomic E-state index is 0.0749. The molecule has 34 heavy (non-hydrogen) atoms. The third kappa shape index (κ3) is 6.13. The van der Waals surface area contributed by atoms with Gasteiger partial charge in [0.2, 0.25) is 5.95 Å². The van der Waals surface area contributed by atoms with Crippen molar-refractivity contribution in [2.24, 2.45) is 5.92 Å². The van der Waals surface area contributed by atoms with Gasteiger partial charge >= 0.3 is 5.97 Å². The molecule has 1 aliphatic rings. The van der Waals surface area contributed by atoms with Crippen molar-refractivity contribution >= 4 is 17.7 Å². The standard InChI is InChI=1S/C24H34N6O4/c1-4-5-18(8-9-31)28-22-19(15(2)27-24(25)29-22)11-17-7-6-16(10-21(17)34-3)13-30-14-26-12-20(30)23(32)33/h6-7,12,14,16,18,31H,4-5,8-11,13H2,1-3H3,(H,32,33)(H3,25,27,28,29)/t16?,18-/m0/s1. The summed E-state index contributed by atoms with van der Waals surface area (Å²) in [6, 6.07) is 0.0863. The second kappa shape index (κ2) is 11.6. The lowest BCUT2D eigenvalue weighted by atomic mass is 9.91. The molecular weight excluding hydrogens is 436 g/mol. The Morgan fingerprint density at radius 3 is 2.85 bits per heavy atom. The average molecular weight is 471 g/mol. The number of imidazole rings is 1. The number of carbonyl (C=O) groups is 1. The summed E-state index contributed by atoms with van der Waals surface area (Å²) in [7, 11) is 1.65. The number of hydrogen-bond donors (Lipinski definition) is 4. The molecule has 0 spiro atoms. The van der Waals surface area contributed by atoms with Crippen LogP contribution in [0.2, 0.25) is 0 Å². The fraction of sp³-hybridized carbons (Fsp3) is 0.500. The number of hydrogen-bond acceptors (Lipinski definition) is 8. The van der Waals surface area contributed by atoms with Crippen LogP contribution in [0.25, 0.3) is 0 Å². The normalized spacial score (nSPS) is 16.5. The molecule has 0 bridgehead atoms. The van der Waals surface area contributed by atoms with Crippen molar-refractivity contribution < 1.29 is 19.7 Å². The number of aromatic nitrogens is 4. The van der Waals surface area contributed by atoms with Crippen LogP contribution in [0.1, 0.15) is 54.4 Å². The molecule has 1 aliphatic carbocycles. The second-order valence-corrected chi connectivity index (χ2v) is 8.53. The number of carboxylic acids is 1. The highest BCUT2D eigenvalue weighted by Gasteiger charge is 2.22. The molecule has 0 saturated heterocycles. The molecule has 0 aromatic carbocycles. The summed E-state index contributed by atoms with van der Waals surface area (Å²) < 4.78 is 7.38. The Hall–Kier alpha value is -3.40. The van der Waals surface area contributed by atoms with Crippen molar-refractivity contribution in [3.8, 4) is 0 Å². The molecule has 0 saturated carbocycles. The molecule has 0 fully saturated rings. The van der Waals surface area contributed by atoms with E-state index in [0.29, 0.717) is 31.6 Å². The van der Waals surface area contributed by atoms with E-state index in [1.807, 2.05) is 13.0 Å². The van der Waals surface area contributed by atoms with Gasteiger partial charge in [0.05, 0.1) is 25.4 Å². The number of rotatable bonds is 12. The Bertz CT molecular complexity index is 1060. The Balaban J connectivity index is 1.82. The van der Waals surface area contributed by atoms with Gasteiger partial charge in [-0.1, -0.05) is 25.5 Å². The van der Waals surface area contributed by atoms with Gasteiger partial charge in [0.1, 0.15) is 11.5 Å². The van der Waals surface area contributed by atoms with Gasteiger partial charge in [-0.15, -0.1) is 0 Å². The SMILES string of the molecule is CCC[C@@H](CCO)Nc1nc(N)nc(C)c1CC1=C(OC)CC(Cn2cncc2C(=O)O)C=C1. The Morgan fingerprint density at radius 1 is 1.38 bits per heavy atom. The zero-order valence-corrected chi connectivity index (χ0v) is 20.0. The highest BCUT2D eigenvalue weighted by atomic mass is 16.5. The highest BCUT2D eigenvalue weighted by Crippen LogP contribution is 2.31.